The van der Waals surface area contributed by atoms with Crippen molar-refractivity contribution in [2.75, 3.05) is 5.32 Å². The molecule has 0 radical (unpaired) electrons. The van der Waals surface area contributed by atoms with Gasteiger partial charge in [0.25, 0.3) is 5.91 Å². The number of phenolic OH excluding ortho intramolecular Hbond substituents is 1. The van der Waals surface area contributed by atoms with E-state index in [0.29, 0.717) is 0 Å². The van der Waals surface area contributed by atoms with Gasteiger partial charge in [0, 0.05) is 13.2 Å². The number of aryl methyl sites for hydroxylation is 2. The van der Waals surface area contributed by atoms with E-state index in [9.17, 15) is 23.1 Å². The molecule has 112 valence electrons. The average Bonchev–Trinajstić information content (AvgIpc) is 2.76. The number of nitrogens with one attached hydrogen (secondary N) is 1. The molecule has 0 spiro atoms. The molecule has 0 aliphatic carbocycles. The smallest absolute Gasteiger partial charge is 0.435 e. The van der Waals surface area contributed by atoms with Crippen molar-refractivity contribution in [3.63, 3.8) is 0 Å². The molecule has 8 heteroatoms. The van der Waals surface area contributed by atoms with Crippen LogP contribution in [-0.4, -0.2) is 20.8 Å². The minimum absolute atomic E-state index is 0.0389. The van der Waals surface area contributed by atoms with E-state index in [1.807, 2.05) is 0 Å². The Morgan fingerprint density at radius 1 is 1.38 bits per heavy atom. The van der Waals surface area contributed by atoms with Crippen molar-refractivity contribution >= 4 is 11.6 Å². The van der Waals surface area contributed by atoms with Crippen molar-refractivity contribution < 1.29 is 23.1 Å². The molecular weight excluding hydrogens is 287 g/mol. The Labute approximate surface area is 118 Å². The SMILES string of the molecule is Cc1ccc(O)c(NC(=O)c2cn(C)nc2C(F)(F)F)c1. The van der Waals surface area contributed by atoms with E-state index in [4.69, 9.17) is 0 Å². The number of phenols is 1. The summed E-state index contributed by atoms with van der Waals surface area (Å²) in [5, 5.41) is 15.1. The lowest BCUT2D eigenvalue weighted by atomic mass is 10.2. The normalized spacial score (nSPS) is 11.5. The maximum Gasteiger partial charge on any atom is 0.435 e. The number of aromatic hydroxyl groups is 1. The molecule has 0 fully saturated rings. The fourth-order valence-electron chi connectivity index (χ4n) is 1.80. The first-order valence-electron chi connectivity index (χ1n) is 5.90. The lowest BCUT2D eigenvalue weighted by Crippen LogP contribution is -2.17. The minimum Gasteiger partial charge on any atom is -0.506 e. The molecule has 5 nitrogen and oxygen atoms in total. The van der Waals surface area contributed by atoms with Crippen LogP contribution in [-0.2, 0) is 13.2 Å². The maximum atomic E-state index is 12.8. The van der Waals surface area contributed by atoms with Gasteiger partial charge in [-0.05, 0) is 24.6 Å². The maximum absolute atomic E-state index is 12.8. The number of aromatic nitrogens is 2. The van der Waals surface area contributed by atoms with Crippen molar-refractivity contribution in [1.82, 2.24) is 9.78 Å². The zero-order valence-electron chi connectivity index (χ0n) is 11.2. The molecule has 1 amide bonds. The summed E-state index contributed by atoms with van der Waals surface area (Å²) in [7, 11) is 1.29. The Morgan fingerprint density at radius 2 is 2.05 bits per heavy atom. The van der Waals surface area contributed by atoms with Gasteiger partial charge >= 0.3 is 6.18 Å². The summed E-state index contributed by atoms with van der Waals surface area (Å²) in [5.41, 5.74) is -1.09. The predicted octanol–water partition coefficient (Wildman–Crippen LogP) is 2.71. The van der Waals surface area contributed by atoms with Crippen molar-refractivity contribution in [1.29, 1.82) is 0 Å². The van der Waals surface area contributed by atoms with Crippen LogP contribution in [0.4, 0.5) is 18.9 Å². The average molecular weight is 299 g/mol. The van der Waals surface area contributed by atoms with Gasteiger partial charge in [-0.3, -0.25) is 9.48 Å². The predicted molar refractivity (Wildman–Crippen MR) is 69.0 cm³/mol. The molecule has 0 aliphatic heterocycles. The number of hydrogen-bond acceptors (Lipinski definition) is 3. The molecule has 1 aromatic carbocycles. The van der Waals surface area contributed by atoms with E-state index in [0.717, 1.165) is 16.4 Å². The van der Waals surface area contributed by atoms with E-state index in [-0.39, 0.29) is 11.4 Å². The molecule has 21 heavy (non-hydrogen) atoms. The van der Waals surface area contributed by atoms with Gasteiger partial charge in [-0.15, -0.1) is 0 Å². The summed E-state index contributed by atoms with van der Waals surface area (Å²) < 4.78 is 39.3. The van der Waals surface area contributed by atoms with Gasteiger partial charge < -0.3 is 10.4 Å². The van der Waals surface area contributed by atoms with Gasteiger partial charge in [-0.2, -0.15) is 18.3 Å². The summed E-state index contributed by atoms with van der Waals surface area (Å²) in [5.74, 6) is -1.22. The number of carbonyl (C=O) groups is 1. The molecule has 0 atom stereocenters. The monoisotopic (exact) mass is 299 g/mol. The number of anilines is 1. The van der Waals surface area contributed by atoms with Crippen molar-refractivity contribution in [2.45, 2.75) is 13.1 Å². The van der Waals surface area contributed by atoms with Gasteiger partial charge in [0.1, 0.15) is 5.75 Å². The molecule has 1 aromatic heterocycles. The molecule has 0 aliphatic rings. The molecular formula is C13H12F3N3O2. The molecule has 0 saturated heterocycles. The zero-order valence-corrected chi connectivity index (χ0v) is 11.2. The Morgan fingerprint density at radius 3 is 2.67 bits per heavy atom. The number of alkyl halides is 3. The van der Waals surface area contributed by atoms with E-state index in [2.05, 4.69) is 10.4 Å². The molecule has 2 aromatic rings. The van der Waals surface area contributed by atoms with E-state index in [1.165, 1.54) is 19.2 Å². The summed E-state index contributed by atoms with van der Waals surface area (Å²) >= 11 is 0. The highest BCUT2D eigenvalue weighted by Gasteiger charge is 2.39. The van der Waals surface area contributed by atoms with E-state index < -0.39 is 23.3 Å². The molecule has 0 bridgehead atoms. The van der Waals surface area contributed by atoms with Crippen LogP contribution in [0.2, 0.25) is 0 Å². The van der Waals surface area contributed by atoms with E-state index >= 15 is 0 Å². The topological polar surface area (TPSA) is 67.2 Å². The third-order valence-electron chi connectivity index (χ3n) is 2.74. The third-order valence-corrected chi connectivity index (χ3v) is 2.74. The standard InChI is InChI=1S/C13H12F3N3O2/c1-7-3-4-10(20)9(5-7)17-12(21)8-6-19(2)18-11(8)13(14,15)16/h3-6,20H,1-2H3,(H,17,21). The van der Waals surface area contributed by atoms with Crippen LogP contribution in [0.3, 0.4) is 0 Å². The highest BCUT2D eigenvalue weighted by molar-refractivity contribution is 6.05. The summed E-state index contributed by atoms with van der Waals surface area (Å²) in [6, 6.07) is 4.41. The third kappa shape index (κ3) is 3.15. The number of rotatable bonds is 2. The second-order valence-corrected chi connectivity index (χ2v) is 4.54. The zero-order chi connectivity index (χ0) is 15.8. The lowest BCUT2D eigenvalue weighted by Gasteiger charge is -2.09. The number of amides is 1. The van der Waals surface area contributed by atoms with Gasteiger partial charge in [0.2, 0.25) is 0 Å². The van der Waals surface area contributed by atoms with Crippen LogP contribution in [0, 0.1) is 6.92 Å². The summed E-state index contributed by atoms with van der Waals surface area (Å²) in [4.78, 5) is 12.0. The second kappa shape index (κ2) is 5.12. The molecule has 0 saturated carbocycles. The summed E-state index contributed by atoms with van der Waals surface area (Å²) in [6.45, 7) is 1.72. The van der Waals surface area contributed by atoms with Gasteiger partial charge in [-0.1, -0.05) is 6.07 Å². The molecule has 2 rings (SSSR count). The molecule has 0 unspecified atom stereocenters. The molecule has 1 heterocycles. The fourth-order valence-corrected chi connectivity index (χ4v) is 1.80. The first-order valence-corrected chi connectivity index (χ1v) is 5.90. The highest BCUT2D eigenvalue weighted by Crippen LogP contribution is 2.31. The van der Waals surface area contributed by atoms with Gasteiger partial charge in [-0.25, -0.2) is 0 Å². The number of nitrogens with zero attached hydrogens (tertiary/aromatic N) is 2. The van der Waals surface area contributed by atoms with Crippen LogP contribution in [0.25, 0.3) is 0 Å². The van der Waals surface area contributed by atoms with Crippen LogP contribution in [0.1, 0.15) is 21.6 Å². The van der Waals surface area contributed by atoms with E-state index in [1.54, 1.807) is 13.0 Å². The minimum atomic E-state index is -4.73. The first-order chi connectivity index (χ1) is 9.68. The van der Waals surface area contributed by atoms with Crippen LogP contribution in [0.15, 0.2) is 24.4 Å². The number of hydrogen-bond donors (Lipinski definition) is 2. The first kappa shape index (κ1) is 14.9. The number of halogens is 3. The number of benzene rings is 1. The highest BCUT2D eigenvalue weighted by atomic mass is 19.4. The van der Waals surface area contributed by atoms with Crippen LogP contribution in [0.5, 0.6) is 5.75 Å². The van der Waals surface area contributed by atoms with Crippen molar-refractivity contribution in [2.24, 2.45) is 7.05 Å². The Balaban J connectivity index is 2.35. The second-order valence-electron chi connectivity index (χ2n) is 4.54. The Bertz CT molecular complexity index is 692. The Hall–Kier alpha value is -2.51. The molecule has 2 N–H and O–H groups in total. The quantitative estimate of drug-likeness (QED) is 0.838. The van der Waals surface area contributed by atoms with Gasteiger partial charge in [0.15, 0.2) is 5.69 Å². The lowest BCUT2D eigenvalue weighted by molar-refractivity contribution is -0.141. The Kier molecular flexibility index (Phi) is 3.63. The van der Waals surface area contributed by atoms with Crippen molar-refractivity contribution in [3.05, 3.63) is 41.2 Å². The van der Waals surface area contributed by atoms with Crippen LogP contribution >= 0.6 is 0 Å². The number of carbonyl (C=O) groups excluding carboxylic acids is 1. The van der Waals surface area contributed by atoms with Gasteiger partial charge in [0.05, 0.1) is 11.3 Å². The summed E-state index contributed by atoms with van der Waals surface area (Å²) in [6.07, 6.45) is -3.76. The fraction of sp³-hybridized carbons (Fsp3) is 0.231. The van der Waals surface area contributed by atoms with Crippen LogP contribution < -0.4 is 5.32 Å². The van der Waals surface area contributed by atoms with Crippen molar-refractivity contribution in [3.8, 4) is 5.75 Å². The largest absolute Gasteiger partial charge is 0.506 e.